The predicted octanol–water partition coefficient (Wildman–Crippen LogP) is 4.15. The first-order valence-corrected chi connectivity index (χ1v) is 11.1. The Balaban J connectivity index is 1.65. The van der Waals surface area contributed by atoms with Crippen molar-refractivity contribution in [3.05, 3.63) is 83.4 Å². The van der Waals surface area contributed by atoms with Crippen molar-refractivity contribution in [2.45, 2.75) is 57.7 Å². The van der Waals surface area contributed by atoms with Crippen LogP contribution < -0.4 is 11.1 Å². The molecule has 1 aliphatic rings. The minimum absolute atomic E-state index is 0.0809. The molecule has 3 unspecified atom stereocenters. The first-order valence-electron chi connectivity index (χ1n) is 11.1. The van der Waals surface area contributed by atoms with E-state index >= 15 is 0 Å². The molecule has 3 N–H and O–H groups in total. The van der Waals surface area contributed by atoms with Crippen molar-refractivity contribution in [1.82, 2.24) is 10.2 Å². The molecule has 4 nitrogen and oxygen atoms in total. The van der Waals surface area contributed by atoms with E-state index in [1.807, 2.05) is 24.0 Å². The number of nitrogens with one attached hydrogen (secondary N) is 1. The summed E-state index contributed by atoms with van der Waals surface area (Å²) in [4.78, 5) is 15.1. The molecule has 2 aromatic carbocycles. The molecule has 1 saturated heterocycles. The fourth-order valence-corrected chi connectivity index (χ4v) is 4.18. The smallest absolute Gasteiger partial charge is 0.246 e. The zero-order chi connectivity index (χ0) is 21.3. The summed E-state index contributed by atoms with van der Waals surface area (Å²) in [7, 11) is 0. The quantitative estimate of drug-likeness (QED) is 0.616. The number of carbonyl (C=O) groups is 1. The monoisotopic (exact) mass is 405 g/mol. The van der Waals surface area contributed by atoms with E-state index in [0.29, 0.717) is 0 Å². The Hall–Kier alpha value is -2.43. The van der Waals surface area contributed by atoms with Crippen molar-refractivity contribution in [3.63, 3.8) is 0 Å². The van der Waals surface area contributed by atoms with Crippen molar-refractivity contribution in [3.8, 4) is 0 Å². The molecule has 30 heavy (non-hydrogen) atoms. The Bertz CT molecular complexity index is 831. The van der Waals surface area contributed by atoms with Crippen LogP contribution in [0.3, 0.4) is 0 Å². The van der Waals surface area contributed by atoms with E-state index in [1.54, 1.807) is 6.08 Å². The Kier molecular flexibility index (Phi) is 8.23. The lowest BCUT2D eigenvalue weighted by molar-refractivity contribution is -0.126. The van der Waals surface area contributed by atoms with Crippen LogP contribution in [0.1, 0.15) is 48.9 Å². The molecule has 3 rings (SSSR count). The number of likely N-dealkylation sites (tertiary alicyclic amines) is 1. The number of nitrogens with zero attached hydrogens (tertiary/aromatic N) is 1. The van der Waals surface area contributed by atoms with Gasteiger partial charge < -0.3 is 16.0 Å². The molecule has 160 valence electrons. The van der Waals surface area contributed by atoms with Gasteiger partial charge in [0.15, 0.2) is 0 Å². The SMILES string of the molecule is Cc1ccccc1C1CCCN1C(=O)C=CC(CCc1ccccc1)NCC(C)N. The molecule has 1 heterocycles. The zero-order valence-electron chi connectivity index (χ0n) is 18.3. The summed E-state index contributed by atoms with van der Waals surface area (Å²) in [5.41, 5.74) is 9.77. The van der Waals surface area contributed by atoms with Gasteiger partial charge in [-0.05, 0) is 56.2 Å². The van der Waals surface area contributed by atoms with Gasteiger partial charge in [0.25, 0.3) is 0 Å². The number of hydrogen-bond donors (Lipinski definition) is 2. The van der Waals surface area contributed by atoms with Crippen molar-refractivity contribution >= 4 is 5.91 Å². The maximum absolute atomic E-state index is 13.0. The molecule has 4 heteroatoms. The summed E-state index contributed by atoms with van der Waals surface area (Å²) in [6.45, 7) is 5.68. The van der Waals surface area contributed by atoms with Gasteiger partial charge in [0, 0.05) is 31.2 Å². The maximum atomic E-state index is 13.0. The number of rotatable bonds is 9. The minimum atomic E-state index is 0.0809. The number of carbonyl (C=O) groups excluding carboxylic acids is 1. The lowest BCUT2D eigenvalue weighted by atomic mass is 9.99. The van der Waals surface area contributed by atoms with Gasteiger partial charge in [0.1, 0.15) is 0 Å². The third-order valence-electron chi connectivity index (χ3n) is 5.84. The van der Waals surface area contributed by atoms with Crippen LogP contribution in [0.15, 0.2) is 66.7 Å². The summed E-state index contributed by atoms with van der Waals surface area (Å²) < 4.78 is 0. The molecule has 1 aliphatic heterocycles. The highest BCUT2D eigenvalue weighted by atomic mass is 16.2. The third kappa shape index (κ3) is 6.28. The Morgan fingerprint density at radius 2 is 1.93 bits per heavy atom. The molecule has 0 saturated carbocycles. The molecule has 0 spiro atoms. The first-order chi connectivity index (χ1) is 14.5. The van der Waals surface area contributed by atoms with Gasteiger partial charge in [0.05, 0.1) is 6.04 Å². The average molecular weight is 406 g/mol. The van der Waals surface area contributed by atoms with Gasteiger partial charge in [-0.2, -0.15) is 0 Å². The number of amides is 1. The van der Waals surface area contributed by atoms with E-state index in [4.69, 9.17) is 5.73 Å². The summed E-state index contributed by atoms with van der Waals surface area (Å²) in [5.74, 6) is 0.105. The minimum Gasteiger partial charge on any atom is -0.332 e. The lowest BCUT2D eigenvalue weighted by Crippen LogP contribution is -2.37. The molecule has 0 bridgehead atoms. The fraction of sp³-hybridized carbons (Fsp3) is 0.423. The van der Waals surface area contributed by atoms with Crippen molar-refractivity contribution in [2.24, 2.45) is 5.73 Å². The zero-order valence-corrected chi connectivity index (χ0v) is 18.3. The van der Waals surface area contributed by atoms with Gasteiger partial charge in [0.2, 0.25) is 5.91 Å². The molecule has 0 aliphatic carbocycles. The van der Waals surface area contributed by atoms with Crippen LogP contribution in [-0.2, 0) is 11.2 Å². The topological polar surface area (TPSA) is 58.4 Å². The number of hydrogen-bond acceptors (Lipinski definition) is 3. The maximum Gasteiger partial charge on any atom is 0.246 e. The van der Waals surface area contributed by atoms with Crippen molar-refractivity contribution in [2.75, 3.05) is 13.1 Å². The van der Waals surface area contributed by atoms with Crippen LogP contribution in [0.2, 0.25) is 0 Å². The standard InChI is InChI=1S/C26H35N3O/c1-20-9-6-7-12-24(20)25-13-8-18-29(25)26(30)17-16-23(28-19-21(2)27)15-14-22-10-4-3-5-11-22/h3-7,9-12,16-17,21,23,25,28H,8,13-15,18-19,27H2,1-2H3. The average Bonchev–Trinajstić information content (AvgIpc) is 3.23. The van der Waals surface area contributed by atoms with E-state index in [1.165, 1.54) is 16.7 Å². The van der Waals surface area contributed by atoms with Gasteiger partial charge in [-0.3, -0.25) is 4.79 Å². The lowest BCUT2D eigenvalue weighted by Gasteiger charge is -2.25. The molecule has 1 amide bonds. The Labute approximate surface area is 181 Å². The largest absolute Gasteiger partial charge is 0.332 e. The summed E-state index contributed by atoms with van der Waals surface area (Å²) in [6, 6.07) is 19.3. The Morgan fingerprint density at radius 3 is 2.67 bits per heavy atom. The number of nitrogens with two attached hydrogens (primary N) is 1. The summed E-state index contributed by atoms with van der Waals surface area (Å²) >= 11 is 0. The van der Waals surface area contributed by atoms with E-state index in [-0.39, 0.29) is 24.0 Å². The highest BCUT2D eigenvalue weighted by Gasteiger charge is 2.29. The molecule has 0 radical (unpaired) electrons. The molecule has 2 aromatic rings. The third-order valence-corrected chi connectivity index (χ3v) is 5.84. The molecule has 3 atom stereocenters. The van der Waals surface area contributed by atoms with Crippen LogP contribution >= 0.6 is 0 Å². The normalized spacial score (nSPS) is 18.6. The molecular formula is C26H35N3O. The number of aryl methyl sites for hydroxylation is 2. The van der Waals surface area contributed by atoms with Gasteiger partial charge in [-0.1, -0.05) is 60.7 Å². The highest BCUT2D eigenvalue weighted by Crippen LogP contribution is 2.33. The van der Waals surface area contributed by atoms with Crippen molar-refractivity contribution < 1.29 is 4.79 Å². The van der Waals surface area contributed by atoms with E-state index in [9.17, 15) is 4.79 Å². The molecule has 0 aromatic heterocycles. The predicted molar refractivity (Wildman–Crippen MR) is 124 cm³/mol. The Morgan fingerprint density at radius 1 is 1.20 bits per heavy atom. The van der Waals surface area contributed by atoms with E-state index in [2.05, 4.69) is 60.8 Å². The fourth-order valence-electron chi connectivity index (χ4n) is 4.18. The van der Waals surface area contributed by atoms with E-state index < -0.39 is 0 Å². The highest BCUT2D eigenvalue weighted by molar-refractivity contribution is 5.88. The second kappa shape index (κ2) is 11.1. The summed E-state index contributed by atoms with van der Waals surface area (Å²) in [5, 5.41) is 3.50. The van der Waals surface area contributed by atoms with Gasteiger partial charge in [-0.25, -0.2) is 0 Å². The van der Waals surface area contributed by atoms with Crippen LogP contribution in [0.25, 0.3) is 0 Å². The van der Waals surface area contributed by atoms with Crippen LogP contribution in [0.4, 0.5) is 0 Å². The van der Waals surface area contributed by atoms with Crippen LogP contribution in [0, 0.1) is 6.92 Å². The molecular weight excluding hydrogens is 370 g/mol. The summed E-state index contributed by atoms with van der Waals surface area (Å²) in [6.07, 6.45) is 7.78. The van der Waals surface area contributed by atoms with E-state index in [0.717, 1.165) is 38.8 Å². The van der Waals surface area contributed by atoms with Crippen LogP contribution in [0.5, 0.6) is 0 Å². The number of benzene rings is 2. The van der Waals surface area contributed by atoms with Gasteiger partial charge >= 0.3 is 0 Å². The van der Waals surface area contributed by atoms with Gasteiger partial charge in [-0.15, -0.1) is 0 Å². The second-order valence-corrected chi connectivity index (χ2v) is 8.42. The first kappa shape index (κ1) is 22.3. The molecule has 1 fully saturated rings. The second-order valence-electron chi connectivity index (χ2n) is 8.42. The van der Waals surface area contributed by atoms with Crippen molar-refractivity contribution in [1.29, 1.82) is 0 Å². The van der Waals surface area contributed by atoms with Crippen LogP contribution in [-0.4, -0.2) is 36.0 Å².